The van der Waals surface area contributed by atoms with E-state index in [-0.39, 0.29) is 18.2 Å². The molecule has 4 heteroatoms. The standard InChI is InChI=1S/C20H22N2O2/c1-3-5-19-11-13-22(20(23)24-19)15(2)16-7-9-17(10-8-16)18-6-4-12-21-14-18/h3-4,6-10,12,14-15,19H,1,5,11,13H2,2H3. The SMILES string of the molecule is C=CCC1CCN(C(C)c2ccc(-c3cccnc3)cc2)C(=O)O1. The normalized spacial score (nSPS) is 18.8. The molecule has 0 N–H and O–H groups in total. The molecule has 1 saturated heterocycles. The summed E-state index contributed by atoms with van der Waals surface area (Å²) in [5.41, 5.74) is 3.30. The number of amides is 1. The Morgan fingerprint density at radius 3 is 2.75 bits per heavy atom. The summed E-state index contributed by atoms with van der Waals surface area (Å²) >= 11 is 0. The zero-order valence-electron chi connectivity index (χ0n) is 13.9. The van der Waals surface area contributed by atoms with Crippen molar-refractivity contribution in [1.82, 2.24) is 9.88 Å². The van der Waals surface area contributed by atoms with Gasteiger partial charge in [0.2, 0.25) is 0 Å². The van der Waals surface area contributed by atoms with Gasteiger partial charge in [0.05, 0.1) is 6.04 Å². The molecule has 3 rings (SSSR count). The topological polar surface area (TPSA) is 42.4 Å². The fourth-order valence-electron chi connectivity index (χ4n) is 3.01. The van der Waals surface area contributed by atoms with E-state index in [2.05, 4.69) is 35.8 Å². The average Bonchev–Trinajstić information content (AvgIpc) is 2.62. The van der Waals surface area contributed by atoms with Crippen LogP contribution in [0.15, 0.2) is 61.4 Å². The second kappa shape index (κ2) is 7.30. The molecule has 4 nitrogen and oxygen atoms in total. The molecule has 2 unspecified atom stereocenters. The van der Waals surface area contributed by atoms with Crippen molar-refractivity contribution in [2.75, 3.05) is 6.54 Å². The first-order valence-electron chi connectivity index (χ1n) is 8.27. The number of benzene rings is 1. The Labute approximate surface area is 142 Å². The summed E-state index contributed by atoms with van der Waals surface area (Å²) in [4.78, 5) is 18.2. The maximum absolute atomic E-state index is 12.2. The number of carbonyl (C=O) groups excluding carboxylic acids is 1. The highest BCUT2D eigenvalue weighted by Crippen LogP contribution is 2.28. The van der Waals surface area contributed by atoms with Crippen LogP contribution in [0, 0.1) is 0 Å². The van der Waals surface area contributed by atoms with E-state index in [4.69, 9.17) is 4.74 Å². The quantitative estimate of drug-likeness (QED) is 0.756. The molecule has 0 radical (unpaired) electrons. The Bertz CT molecular complexity index is 697. The van der Waals surface area contributed by atoms with Crippen LogP contribution < -0.4 is 0 Å². The molecular formula is C20H22N2O2. The van der Waals surface area contributed by atoms with Gasteiger partial charge in [-0.15, -0.1) is 6.58 Å². The van der Waals surface area contributed by atoms with Gasteiger partial charge in [-0.3, -0.25) is 4.98 Å². The zero-order valence-corrected chi connectivity index (χ0v) is 13.9. The number of hydrogen-bond acceptors (Lipinski definition) is 3. The van der Waals surface area contributed by atoms with E-state index in [1.54, 1.807) is 17.2 Å². The number of aromatic nitrogens is 1. The molecular weight excluding hydrogens is 300 g/mol. The third-order valence-corrected chi connectivity index (χ3v) is 4.48. The van der Waals surface area contributed by atoms with Crippen LogP contribution in [-0.2, 0) is 4.74 Å². The van der Waals surface area contributed by atoms with E-state index in [1.807, 2.05) is 25.3 Å². The number of cyclic esters (lactones) is 1. The summed E-state index contributed by atoms with van der Waals surface area (Å²) in [7, 11) is 0. The van der Waals surface area contributed by atoms with Crippen molar-refractivity contribution in [1.29, 1.82) is 0 Å². The number of ether oxygens (including phenoxy) is 1. The van der Waals surface area contributed by atoms with Gasteiger partial charge in [0.1, 0.15) is 6.10 Å². The maximum Gasteiger partial charge on any atom is 0.410 e. The van der Waals surface area contributed by atoms with Gasteiger partial charge in [0.15, 0.2) is 0 Å². The van der Waals surface area contributed by atoms with Crippen LogP contribution in [0.1, 0.15) is 31.4 Å². The number of hydrogen-bond donors (Lipinski definition) is 0. The highest BCUT2D eigenvalue weighted by molar-refractivity contribution is 5.69. The summed E-state index contributed by atoms with van der Waals surface area (Å²) in [6.07, 6.45) is 6.70. The van der Waals surface area contributed by atoms with Crippen molar-refractivity contribution in [3.8, 4) is 11.1 Å². The lowest BCUT2D eigenvalue weighted by atomic mass is 10.0. The van der Waals surface area contributed by atoms with Gasteiger partial charge in [-0.25, -0.2) is 4.79 Å². The van der Waals surface area contributed by atoms with Crippen molar-refractivity contribution in [2.45, 2.75) is 31.9 Å². The Balaban J connectivity index is 1.70. The molecule has 2 aromatic rings. The van der Waals surface area contributed by atoms with Crippen LogP contribution in [-0.4, -0.2) is 28.6 Å². The highest BCUT2D eigenvalue weighted by atomic mass is 16.6. The van der Waals surface area contributed by atoms with Gasteiger partial charge in [-0.05, 0) is 29.7 Å². The molecule has 2 heterocycles. The molecule has 1 fully saturated rings. The molecule has 1 amide bonds. The van der Waals surface area contributed by atoms with E-state index in [1.165, 1.54) is 0 Å². The van der Waals surface area contributed by atoms with E-state index < -0.39 is 0 Å². The predicted octanol–water partition coefficient (Wildman–Crippen LogP) is 4.60. The van der Waals surface area contributed by atoms with Crippen LogP contribution in [0.25, 0.3) is 11.1 Å². The van der Waals surface area contributed by atoms with E-state index in [9.17, 15) is 4.79 Å². The minimum absolute atomic E-state index is 0.00914. The minimum Gasteiger partial charge on any atom is -0.446 e. The Morgan fingerprint density at radius 2 is 2.12 bits per heavy atom. The summed E-state index contributed by atoms with van der Waals surface area (Å²) < 4.78 is 5.48. The number of rotatable bonds is 5. The first-order valence-corrected chi connectivity index (χ1v) is 8.27. The average molecular weight is 322 g/mol. The van der Waals surface area contributed by atoms with Crippen LogP contribution in [0.3, 0.4) is 0 Å². The molecule has 0 aliphatic carbocycles. The Kier molecular flexibility index (Phi) is 4.94. The van der Waals surface area contributed by atoms with Crippen LogP contribution in [0.2, 0.25) is 0 Å². The fraction of sp³-hybridized carbons (Fsp3) is 0.300. The summed E-state index contributed by atoms with van der Waals surface area (Å²) in [5, 5.41) is 0. The lowest BCUT2D eigenvalue weighted by molar-refractivity contribution is 0.0146. The van der Waals surface area contributed by atoms with Crippen LogP contribution >= 0.6 is 0 Å². The highest BCUT2D eigenvalue weighted by Gasteiger charge is 2.30. The molecule has 1 aromatic heterocycles. The predicted molar refractivity (Wildman–Crippen MR) is 94.5 cm³/mol. The second-order valence-corrected chi connectivity index (χ2v) is 6.05. The lowest BCUT2D eigenvalue weighted by Gasteiger charge is -2.35. The van der Waals surface area contributed by atoms with Crippen molar-refractivity contribution in [2.24, 2.45) is 0 Å². The molecule has 1 aliphatic heterocycles. The number of pyridine rings is 1. The Hall–Kier alpha value is -2.62. The van der Waals surface area contributed by atoms with Crippen molar-refractivity contribution in [3.05, 3.63) is 67.0 Å². The molecule has 24 heavy (non-hydrogen) atoms. The van der Waals surface area contributed by atoms with E-state index in [0.717, 1.165) is 23.1 Å². The van der Waals surface area contributed by atoms with Crippen molar-refractivity contribution >= 4 is 6.09 Å². The Morgan fingerprint density at radius 1 is 1.33 bits per heavy atom. The van der Waals surface area contributed by atoms with Gasteiger partial charge in [0, 0.05) is 31.8 Å². The van der Waals surface area contributed by atoms with Crippen LogP contribution in [0.5, 0.6) is 0 Å². The molecule has 0 bridgehead atoms. The third-order valence-electron chi connectivity index (χ3n) is 4.48. The first kappa shape index (κ1) is 16.2. The van der Waals surface area contributed by atoms with Gasteiger partial charge in [-0.2, -0.15) is 0 Å². The monoisotopic (exact) mass is 322 g/mol. The number of nitrogens with zero attached hydrogens (tertiary/aromatic N) is 2. The largest absolute Gasteiger partial charge is 0.446 e. The molecule has 2 atom stereocenters. The summed E-state index contributed by atoms with van der Waals surface area (Å²) in [6.45, 7) is 6.45. The van der Waals surface area contributed by atoms with Gasteiger partial charge >= 0.3 is 6.09 Å². The van der Waals surface area contributed by atoms with Gasteiger partial charge in [0.25, 0.3) is 0 Å². The second-order valence-electron chi connectivity index (χ2n) is 6.05. The van der Waals surface area contributed by atoms with E-state index >= 15 is 0 Å². The van der Waals surface area contributed by atoms with Crippen LogP contribution in [0.4, 0.5) is 4.79 Å². The lowest BCUT2D eigenvalue weighted by Crippen LogP contribution is -2.43. The van der Waals surface area contributed by atoms with Gasteiger partial charge < -0.3 is 9.64 Å². The molecule has 1 aliphatic rings. The van der Waals surface area contributed by atoms with E-state index in [0.29, 0.717) is 13.0 Å². The first-order chi connectivity index (χ1) is 11.7. The van der Waals surface area contributed by atoms with Crippen molar-refractivity contribution < 1.29 is 9.53 Å². The minimum atomic E-state index is -0.239. The molecule has 0 saturated carbocycles. The van der Waals surface area contributed by atoms with Crippen molar-refractivity contribution in [3.63, 3.8) is 0 Å². The third kappa shape index (κ3) is 3.48. The van der Waals surface area contributed by atoms with Gasteiger partial charge in [-0.1, -0.05) is 36.4 Å². The molecule has 1 aromatic carbocycles. The smallest absolute Gasteiger partial charge is 0.410 e. The zero-order chi connectivity index (χ0) is 16.9. The maximum atomic E-state index is 12.2. The molecule has 0 spiro atoms. The summed E-state index contributed by atoms with van der Waals surface area (Å²) in [6, 6.07) is 12.2. The molecule has 124 valence electrons. The number of carbonyl (C=O) groups is 1. The fourth-order valence-corrected chi connectivity index (χ4v) is 3.01. The summed E-state index contributed by atoms with van der Waals surface area (Å²) in [5.74, 6) is 0.